The van der Waals surface area contributed by atoms with Crippen molar-refractivity contribution in [2.75, 3.05) is 0 Å². The van der Waals surface area contributed by atoms with Gasteiger partial charge >= 0.3 is 0 Å². The number of carbonyl (C=O) groups excluding carboxylic acids is 1. The lowest BCUT2D eigenvalue weighted by Crippen LogP contribution is -2.16. The van der Waals surface area contributed by atoms with Gasteiger partial charge in [-0.15, -0.1) is 11.3 Å². The van der Waals surface area contributed by atoms with Gasteiger partial charge in [-0.05, 0) is 30.3 Å². The molecule has 1 N–H and O–H groups in total. The Balaban J connectivity index is 1.51. The summed E-state index contributed by atoms with van der Waals surface area (Å²) in [4.78, 5) is 33.7. The van der Waals surface area contributed by atoms with Gasteiger partial charge in [0.25, 0.3) is 17.3 Å². The summed E-state index contributed by atoms with van der Waals surface area (Å²) >= 11 is 1.20. The van der Waals surface area contributed by atoms with Crippen LogP contribution in [0.5, 0.6) is 0 Å². The number of carbonyl (C=O) groups is 1. The number of thiophene rings is 1. The third-order valence-corrected chi connectivity index (χ3v) is 5.51. The van der Waals surface area contributed by atoms with E-state index in [-0.39, 0.29) is 11.4 Å². The largest absolute Gasteiger partial charge is 0.315 e. The predicted octanol–water partition coefficient (Wildman–Crippen LogP) is 4.27. The highest BCUT2D eigenvalue weighted by molar-refractivity contribution is 7.20. The quantitative estimate of drug-likeness (QED) is 0.274. The van der Waals surface area contributed by atoms with Gasteiger partial charge < -0.3 is 4.57 Å². The van der Waals surface area contributed by atoms with E-state index in [1.165, 1.54) is 41.8 Å². The van der Waals surface area contributed by atoms with Crippen LogP contribution < -0.4 is 5.43 Å². The zero-order valence-electron chi connectivity index (χ0n) is 15.7. The number of hydrazone groups is 1. The van der Waals surface area contributed by atoms with E-state index in [2.05, 4.69) is 10.5 Å². The number of non-ortho nitro benzene ring substituents is 2. The second-order valence-electron chi connectivity index (χ2n) is 6.37. The lowest BCUT2D eigenvalue weighted by Gasteiger charge is -2.06. The molecule has 0 aliphatic heterocycles. The van der Waals surface area contributed by atoms with E-state index in [9.17, 15) is 25.0 Å². The average Bonchev–Trinajstić information content (AvgIpc) is 3.40. The Morgan fingerprint density at radius 3 is 2.55 bits per heavy atom. The maximum Gasteiger partial charge on any atom is 0.281 e. The summed E-state index contributed by atoms with van der Waals surface area (Å²) in [6.07, 6.45) is 3.15. The highest BCUT2D eigenvalue weighted by Gasteiger charge is 2.13. The van der Waals surface area contributed by atoms with E-state index >= 15 is 0 Å². The van der Waals surface area contributed by atoms with Gasteiger partial charge in [-0.25, -0.2) is 5.43 Å². The smallest absolute Gasteiger partial charge is 0.281 e. The number of amides is 1. The molecule has 0 aliphatic rings. The van der Waals surface area contributed by atoms with E-state index in [1.807, 2.05) is 0 Å². The Hall–Kier alpha value is -4.38. The van der Waals surface area contributed by atoms with Gasteiger partial charge in [0.05, 0.1) is 32.3 Å². The SMILES string of the molecule is O=C(NN=Cc1cccn1-c1cccc([N+](=O)[O-])c1)c1cc2cc([N+](=O)[O-])ccc2s1. The fraction of sp³-hybridized carbons (Fsp3) is 0. The number of benzene rings is 2. The van der Waals surface area contributed by atoms with Gasteiger partial charge in [-0.2, -0.15) is 5.10 Å². The molecule has 0 bridgehead atoms. The molecule has 0 saturated heterocycles. The first-order chi connectivity index (χ1) is 14.9. The molecule has 154 valence electrons. The molecule has 31 heavy (non-hydrogen) atoms. The number of nitro benzene ring substituents is 2. The minimum absolute atomic E-state index is 0.0348. The number of nitro groups is 2. The van der Waals surface area contributed by atoms with Crippen molar-refractivity contribution in [2.24, 2.45) is 5.10 Å². The van der Waals surface area contributed by atoms with Crippen molar-refractivity contribution < 1.29 is 14.6 Å². The van der Waals surface area contributed by atoms with Crippen molar-refractivity contribution >= 4 is 44.9 Å². The van der Waals surface area contributed by atoms with Crippen LogP contribution in [0.25, 0.3) is 15.8 Å². The van der Waals surface area contributed by atoms with Crippen LogP contribution in [0.4, 0.5) is 11.4 Å². The first-order valence-corrected chi connectivity index (χ1v) is 9.67. The Bertz CT molecular complexity index is 1360. The van der Waals surface area contributed by atoms with E-state index in [0.29, 0.717) is 21.6 Å². The topological polar surface area (TPSA) is 133 Å². The third kappa shape index (κ3) is 4.16. The number of hydrogen-bond acceptors (Lipinski definition) is 7. The fourth-order valence-corrected chi connectivity index (χ4v) is 3.89. The third-order valence-electron chi connectivity index (χ3n) is 4.40. The molecule has 2 heterocycles. The van der Waals surface area contributed by atoms with Crippen molar-refractivity contribution in [3.63, 3.8) is 0 Å². The summed E-state index contributed by atoms with van der Waals surface area (Å²) in [6.45, 7) is 0. The molecule has 10 nitrogen and oxygen atoms in total. The minimum atomic E-state index is -0.488. The van der Waals surface area contributed by atoms with Crippen molar-refractivity contribution in [3.8, 4) is 5.69 Å². The van der Waals surface area contributed by atoms with E-state index in [1.54, 1.807) is 47.2 Å². The molecule has 0 fully saturated rings. The van der Waals surface area contributed by atoms with Gasteiger partial charge in [0.15, 0.2) is 0 Å². The van der Waals surface area contributed by atoms with Crippen molar-refractivity contribution in [1.82, 2.24) is 9.99 Å². The molecule has 0 saturated carbocycles. The predicted molar refractivity (Wildman–Crippen MR) is 116 cm³/mol. The molecular weight excluding hydrogens is 422 g/mol. The molecule has 1 amide bonds. The maximum absolute atomic E-state index is 12.4. The molecule has 0 spiro atoms. The minimum Gasteiger partial charge on any atom is -0.315 e. The van der Waals surface area contributed by atoms with Crippen LogP contribution in [0.1, 0.15) is 15.4 Å². The second-order valence-corrected chi connectivity index (χ2v) is 7.45. The molecule has 2 aromatic heterocycles. The molecule has 0 radical (unpaired) electrons. The Morgan fingerprint density at radius 1 is 1.00 bits per heavy atom. The first kappa shape index (κ1) is 19.9. The summed E-state index contributed by atoms with van der Waals surface area (Å²) in [5.41, 5.74) is 3.54. The molecule has 0 atom stereocenters. The van der Waals surface area contributed by atoms with Gasteiger partial charge in [-0.3, -0.25) is 25.0 Å². The summed E-state index contributed by atoms with van der Waals surface area (Å²) < 4.78 is 2.44. The standard InChI is InChI=1S/C20H13N5O5S/c26-20(19-10-13-9-16(25(29)30)6-7-18(13)31-19)22-21-12-17-5-2-8-23(17)14-3-1-4-15(11-14)24(27)28/h1-12H,(H,22,26). The first-order valence-electron chi connectivity index (χ1n) is 8.86. The number of nitrogens with zero attached hydrogens (tertiary/aromatic N) is 4. The van der Waals surface area contributed by atoms with Gasteiger partial charge in [-0.1, -0.05) is 6.07 Å². The zero-order chi connectivity index (χ0) is 22.0. The molecule has 4 rings (SSSR count). The number of rotatable bonds is 6. The van der Waals surface area contributed by atoms with Crippen molar-refractivity contribution in [1.29, 1.82) is 0 Å². The second kappa shape index (κ2) is 8.16. The Kier molecular flexibility index (Phi) is 5.24. The van der Waals surface area contributed by atoms with E-state index in [0.717, 1.165) is 4.70 Å². The average molecular weight is 435 g/mol. The number of nitrogens with one attached hydrogen (secondary N) is 1. The van der Waals surface area contributed by atoms with Crippen LogP contribution in [0.15, 0.2) is 72.0 Å². The van der Waals surface area contributed by atoms with Gasteiger partial charge in [0, 0.05) is 40.5 Å². The Labute approximate surface area is 178 Å². The molecule has 2 aromatic carbocycles. The summed E-state index contributed by atoms with van der Waals surface area (Å²) in [5.74, 6) is -0.450. The number of hydrogen-bond donors (Lipinski definition) is 1. The van der Waals surface area contributed by atoms with Gasteiger partial charge in [0.1, 0.15) is 0 Å². The van der Waals surface area contributed by atoms with Crippen LogP contribution >= 0.6 is 11.3 Å². The van der Waals surface area contributed by atoms with Crippen LogP contribution in [-0.2, 0) is 0 Å². The van der Waals surface area contributed by atoms with E-state index in [4.69, 9.17) is 0 Å². The van der Waals surface area contributed by atoms with Crippen LogP contribution in [0.2, 0.25) is 0 Å². The van der Waals surface area contributed by atoms with Crippen LogP contribution in [0, 0.1) is 20.2 Å². The molecule has 11 heteroatoms. The van der Waals surface area contributed by atoms with Gasteiger partial charge in [0.2, 0.25) is 0 Å². The monoisotopic (exact) mass is 435 g/mol. The summed E-state index contributed by atoms with van der Waals surface area (Å²) in [6, 6.07) is 15.6. The summed E-state index contributed by atoms with van der Waals surface area (Å²) in [7, 11) is 0. The molecule has 0 unspecified atom stereocenters. The highest BCUT2D eigenvalue weighted by atomic mass is 32.1. The lowest BCUT2D eigenvalue weighted by atomic mass is 10.2. The van der Waals surface area contributed by atoms with Crippen molar-refractivity contribution in [2.45, 2.75) is 0 Å². The molecule has 4 aromatic rings. The highest BCUT2D eigenvalue weighted by Crippen LogP contribution is 2.28. The normalized spacial score (nSPS) is 11.1. The summed E-state index contributed by atoms with van der Waals surface area (Å²) in [5, 5.41) is 26.5. The van der Waals surface area contributed by atoms with Crippen molar-refractivity contribution in [3.05, 3.63) is 97.7 Å². The number of aromatic nitrogens is 1. The lowest BCUT2D eigenvalue weighted by molar-refractivity contribution is -0.385. The molecule has 0 aliphatic carbocycles. The van der Waals surface area contributed by atoms with Crippen LogP contribution in [-0.4, -0.2) is 26.5 Å². The van der Waals surface area contributed by atoms with E-state index < -0.39 is 15.8 Å². The number of fused-ring (bicyclic) bond motifs is 1. The zero-order valence-corrected chi connectivity index (χ0v) is 16.5. The maximum atomic E-state index is 12.4. The fourth-order valence-electron chi connectivity index (χ4n) is 2.96. The molecular formula is C20H13N5O5S. The van der Waals surface area contributed by atoms with Crippen LogP contribution in [0.3, 0.4) is 0 Å². The Morgan fingerprint density at radius 2 is 1.77 bits per heavy atom.